The minimum atomic E-state index is -0.822. The van der Waals surface area contributed by atoms with E-state index in [-0.39, 0.29) is 42.7 Å². The molecular formula is C28H34N2O5. The van der Waals surface area contributed by atoms with Gasteiger partial charge in [-0.3, -0.25) is 9.59 Å². The molecule has 7 heteroatoms. The first-order valence-corrected chi connectivity index (χ1v) is 12.5. The second-order valence-electron chi connectivity index (χ2n) is 9.81. The van der Waals surface area contributed by atoms with Crippen LogP contribution < -0.4 is 10.6 Å². The molecule has 35 heavy (non-hydrogen) atoms. The summed E-state index contributed by atoms with van der Waals surface area (Å²) in [6, 6.07) is 16.4. The summed E-state index contributed by atoms with van der Waals surface area (Å²) in [5.41, 5.74) is 4.73. The Hall–Kier alpha value is -3.35. The van der Waals surface area contributed by atoms with Crippen molar-refractivity contribution in [3.8, 4) is 11.1 Å². The van der Waals surface area contributed by atoms with E-state index in [1.165, 1.54) is 22.3 Å². The van der Waals surface area contributed by atoms with Gasteiger partial charge in [0.1, 0.15) is 6.61 Å². The van der Waals surface area contributed by atoms with Gasteiger partial charge in [0.25, 0.3) is 0 Å². The van der Waals surface area contributed by atoms with Crippen molar-refractivity contribution in [3.05, 3.63) is 59.7 Å². The van der Waals surface area contributed by atoms with Crippen molar-refractivity contribution in [2.24, 2.45) is 11.8 Å². The number of ether oxygens (including phenoxy) is 1. The number of hydrogen-bond acceptors (Lipinski definition) is 4. The van der Waals surface area contributed by atoms with E-state index in [4.69, 9.17) is 9.84 Å². The molecule has 1 saturated carbocycles. The Morgan fingerprint density at radius 2 is 1.69 bits per heavy atom. The van der Waals surface area contributed by atoms with Gasteiger partial charge in [0.15, 0.2) is 0 Å². The number of carbonyl (C=O) groups excluding carboxylic acids is 2. The lowest BCUT2D eigenvalue weighted by molar-refractivity contribution is -0.137. The lowest BCUT2D eigenvalue weighted by Crippen LogP contribution is -2.43. The van der Waals surface area contributed by atoms with Crippen LogP contribution in [0.4, 0.5) is 4.79 Å². The summed E-state index contributed by atoms with van der Waals surface area (Å²) in [6.07, 6.45) is 3.25. The SMILES string of the molecule is CC(CCC(=O)O)CNC(=O)C1CCCC(NC(=O)OCC2c3ccccc3-c3ccccc32)C1. The number of carbonyl (C=O) groups is 3. The topological polar surface area (TPSA) is 105 Å². The standard InChI is InChI=1S/C28H34N2O5/c1-18(13-14-26(31)32)16-29-27(33)19-7-6-8-20(15-19)30-28(34)35-17-25-23-11-4-2-9-21(23)22-10-3-5-12-24(22)25/h2-5,9-12,18-20,25H,6-8,13-17H2,1H3,(H,29,33)(H,30,34)(H,31,32). The summed E-state index contributed by atoms with van der Waals surface area (Å²) in [7, 11) is 0. The Balaban J connectivity index is 1.25. The van der Waals surface area contributed by atoms with Gasteiger partial charge in [-0.25, -0.2) is 4.79 Å². The molecule has 0 aliphatic heterocycles. The van der Waals surface area contributed by atoms with Crippen molar-refractivity contribution in [2.45, 2.75) is 57.4 Å². The van der Waals surface area contributed by atoms with Crippen LogP contribution in [0.3, 0.4) is 0 Å². The molecule has 2 aromatic rings. The van der Waals surface area contributed by atoms with Crippen LogP contribution in [0.15, 0.2) is 48.5 Å². The number of fused-ring (bicyclic) bond motifs is 3. The van der Waals surface area contributed by atoms with Crippen LogP contribution in [-0.2, 0) is 14.3 Å². The van der Waals surface area contributed by atoms with Gasteiger partial charge < -0.3 is 20.5 Å². The number of aliphatic carboxylic acids is 1. The van der Waals surface area contributed by atoms with Gasteiger partial charge in [-0.05, 0) is 53.9 Å². The lowest BCUT2D eigenvalue weighted by Gasteiger charge is -2.29. The number of nitrogens with one attached hydrogen (secondary N) is 2. The van der Waals surface area contributed by atoms with Crippen LogP contribution >= 0.6 is 0 Å². The average Bonchev–Trinajstić information content (AvgIpc) is 3.18. The summed E-state index contributed by atoms with van der Waals surface area (Å²) in [5.74, 6) is -0.882. The van der Waals surface area contributed by atoms with Crippen molar-refractivity contribution < 1.29 is 24.2 Å². The predicted molar refractivity (Wildman–Crippen MR) is 133 cm³/mol. The van der Waals surface area contributed by atoms with Crippen molar-refractivity contribution in [1.29, 1.82) is 0 Å². The van der Waals surface area contributed by atoms with E-state index in [9.17, 15) is 14.4 Å². The molecule has 0 saturated heterocycles. The molecule has 3 unspecified atom stereocenters. The third kappa shape index (κ3) is 6.21. The van der Waals surface area contributed by atoms with Crippen molar-refractivity contribution >= 4 is 18.0 Å². The molecule has 1 fully saturated rings. The highest BCUT2D eigenvalue weighted by Crippen LogP contribution is 2.44. The average molecular weight is 479 g/mol. The first kappa shape index (κ1) is 24.8. The predicted octanol–water partition coefficient (Wildman–Crippen LogP) is 4.70. The fraction of sp³-hybridized carbons (Fsp3) is 0.464. The first-order chi connectivity index (χ1) is 16.9. The highest BCUT2D eigenvalue weighted by atomic mass is 16.5. The van der Waals surface area contributed by atoms with Crippen LogP contribution in [0.2, 0.25) is 0 Å². The van der Waals surface area contributed by atoms with E-state index in [0.717, 1.165) is 19.3 Å². The zero-order chi connectivity index (χ0) is 24.8. The Bertz CT molecular complexity index is 1020. The van der Waals surface area contributed by atoms with Gasteiger partial charge in [0.05, 0.1) is 0 Å². The molecule has 2 amide bonds. The van der Waals surface area contributed by atoms with Crippen LogP contribution in [0.25, 0.3) is 11.1 Å². The zero-order valence-electron chi connectivity index (χ0n) is 20.2. The van der Waals surface area contributed by atoms with Crippen molar-refractivity contribution in [3.63, 3.8) is 0 Å². The molecule has 3 atom stereocenters. The Morgan fingerprint density at radius 1 is 1.03 bits per heavy atom. The second kappa shape index (κ2) is 11.4. The van der Waals surface area contributed by atoms with E-state index in [1.807, 2.05) is 31.2 Å². The minimum absolute atomic E-state index is 0.0150. The minimum Gasteiger partial charge on any atom is -0.481 e. The van der Waals surface area contributed by atoms with E-state index in [1.54, 1.807) is 0 Å². The molecule has 0 bridgehead atoms. The summed E-state index contributed by atoms with van der Waals surface area (Å²) >= 11 is 0. The molecular weight excluding hydrogens is 444 g/mol. The van der Waals surface area contributed by atoms with Crippen LogP contribution in [0.5, 0.6) is 0 Å². The smallest absolute Gasteiger partial charge is 0.407 e. The third-order valence-electron chi connectivity index (χ3n) is 7.19. The number of carboxylic acid groups (broad SMARTS) is 1. The van der Waals surface area contributed by atoms with Crippen LogP contribution in [-0.4, -0.2) is 42.3 Å². The molecule has 0 aromatic heterocycles. The van der Waals surface area contributed by atoms with Gasteiger partial charge in [-0.1, -0.05) is 61.9 Å². The molecule has 2 aliphatic rings. The van der Waals surface area contributed by atoms with Gasteiger partial charge in [-0.15, -0.1) is 0 Å². The molecule has 2 aliphatic carbocycles. The highest BCUT2D eigenvalue weighted by molar-refractivity contribution is 5.80. The lowest BCUT2D eigenvalue weighted by atomic mass is 9.85. The van der Waals surface area contributed by atoms with Gasteiger partial charge in [0, 0.05) is 30.8 Å². The van der Waals surface area contributed by atoms with E-state index in [0.29, 0.717) is 19.4 Å². The quantitative estimate of drug-likeness (QED) is 0.485. The van der Waals surface area contributed by atoms with Crippen molar-refractivity contribution in [1.82, 2.24) is 10.6 Å². The van der Waals surface area contributed by atoms with E-state index >= 15 is 0 Å². The Morgan fingerprint density at radius 3 is 2.34 bits per heavy atom. The molecule has 4 rings (SSSR count). The van der Waals surface area contributed by atoms with Crippen molar-refractivity contribution in [2.75, 3.05) is 13.2 Å². The molecule has 3 N–H and O–H groups in total. The summed E-state index contributed by atoms with van der Waals surface area (Å²) in [6.45, 7) is 2.67. The summed E-state index contributed by atoms with van der Waals surface area (Å²) in [4.78, 5) is 36.0. The normalized spacial score (nSPS) is 19.8. The van der Waals surface area contributed by atoms with Gasteiger partial charge >= 0.3 is 12.1 Å². The molecule has 0 heterocycles. The number of amides is 2. The van der Waals surface area contributed by atoms with Gasteiger partial charge in [0.2, 0.25) is 5.91 Å². The molecule has 2 aromatic carbocycles. The summed E-state index contributed by atoms with van der Waals surface area (Å²) in [5, 5.41) is 14.7. The second-order valence-corrected chi connectivity index (χ2v) is 9.81. The number of rotatable bonds is 9. The number of benzene rings is 2. The van der Waals surface area contributed by atoms with E-state index < -0.39 is 12.1 Å². The maximum atomic E-state index is 12.6. The summed E-state index contributed by atoms with van der Waals surface area (Å²) < 4.78 is 5.66. The fourth-order valence-electron chi connectivity index (χ4n) is 5.26. The van der Waals surface area contributed by atoms with E-state index in [2.05, 4.69) is 34.9 Å². The first-order valence-electron chi connectivity index (χ1n) is 12.5. The molecule has 0 radical (unpaired) electrons. The monoisotopic (exact) mass is 478 g/mol. The molecule has 7 nitrogen and oxygen atoms in total. The maximum absolute atomic E-state index is 12.6. The van der Waals surface area contributed by atoms with Crippen LogP contribution in [0.1, 0.15) is 62.5 Å². The third-order valence-corrected chi connectivity index (χ3v) is 7.19. The number of alkyl carbamates (subject to hydrolysis) is 1. The molecule has 186 valence electrons. The Labute approximate surface area is 206 Å². The van der Waals surface area contributed by atoms with Crippen LogP contribution in [0, 0.1) is 11.8 Å². The number of hydrogen-bond donors (Lipinski definition) is 3. The largest absolute Gasteiger partial charge is 0.481 e. The maximum Gasteiger partial charge on any atom is 0.407 e. The highest BCUT2D eigenvalue weighted by Gasteiger charge is 2.31. The fourth-order valence-corrected chi connectivity index (χ4v) is 5.26. The molecule has 0 spiro atoms. The zero-order valence-corrected chi connectivity index (χ0v) is 20.2. The number of carboxylic acids is 1. The Kier molecular flexibility index (Phi) is 8.06. The van der Waals surface area contributed by atoms with Gasteiger partial charge in [-0.2, -0.15) is 0 Å².